The molecule has 3 rings (SSSR count). The molecule has 2 aromatic rings. The molecule has 104 valence electrons. The van der Waals surface area contributed by atoms with Gasteiger partial charge in [0.2, 0.25) is 18.2 Å². The number of anilines is 1. The number of hydrogen-bond acceptors (Lipinski definition) is 5. The van der Waals surface area contributed by atoms with E-state index in [0.717, 1.165) is 24.1 Å². The van der Waals surface area contributed by atoms with Crippen LogP contribution in [0.25, 0.3) is 11.5 Å². The Labute approximate surface area is 116 Å². The molecule has 0 spiro atoms. The van der Waals surface area contributed by atoms with Gasteiger partial charge in [-0.3, -0.25) is 4.79 Å². The maximum Gasteiger partial charge on any atom is 0.247 e. The largest absolute Gasteiger partial charge is 0.423 e. The van der Waals surface area contributed by atoms with E-state index >= 15 is 0 Å². The normalized spacial score (nSPS) is 15.8. The topological polar surface area (TPSA) is 94.0 Å². The predicted molar refractivity (Wildman–Crippen MR) is 73.7 cm³/mol. The highest BCUT2D eigenvalue weighted by Crippen LogP contribution is 2.32. The third-order valence-electron chi connectivity index (χ3n) is 3.42. The molecule has 0 bridgehead atoms. The fourth-order valence-electron chi connectivity index (χ4n) is 2.11. The van der Waals surface area contributed by atoms with E-state index in [0.29, 0.717) is 18.2 Å². The minimum atomic E-state index is -0.0464. The van der Waals surface area contributed by atoms with E-state index in [2.05, 4.69) is 15.5 Å². The Kier molecular flexibility index (Phi) is 3.47. The van der Waals surface area contributed by atoms with Crippen LogP contribution in [0.2, 0.25) is 0 Å². The lowest BCUT2D eigenvalue weighted by molar-refractivity contribution is -0.116. The number of benzene rings is 1. The van der Waals surface area contributed by atoms with E-state index in [-0.39, 0.29) is 11.9 Å². The first-order valence-electron chi connectivity index (χ1n) is 6.64. The highest BCUT2D eigenvalue weighted by atomic mass is 16.4. The standard InChI is InChI=1S/C14H16N4O2/c15-12(9-1-2-9)7-13(19)17-11-5-3-10(4-6-11)14-18-16-8-20-14/h3-6,8-9,12H,1-2,7,15H2,(H,17,19). The first-order chi connectivity index (χ1) is 9.72. The number of hydrogen-bond donors (Lipinski definition) is 2. The summed E-state index contributed by atoms with van der Waals surface area (Å²) < 4.78 is 5.10. The smallest absolute Gasteiger partial charge is 0.247 e. The van der Waals surface area contributed by atoms with Crippen LogP contribution < -0.4 is 11.1 Å². The number of nitrogens with one attached hydrogen (secondary N) is 1. The van der Waals surface area contributed by atoms with Crippen LogP contribution in [0.4, 0.5) is 5.69 Å². The van der Waals surface area contributed by atoms with Gasteiger partial charge in [0.15, 0.2) is 0 Å². The lowest BCUT2D eigenvalue weighted by Gasteiger charge is -2.10. The molecule has 6 heteroatoms. The molecule has 1 aromatic carbocycles. The molecule has 6 nitrogen and oxygen atoms in total. The average Bonchev–Trinajstić information content (AvgIpc) is 3.15. The van der Waals surface area contributed by atoms with Crippen LogP contribution >= 0.6 is 0 Å². The fraction of sp³-hybridized carbons (Fsp3) is 0.357. The average molecular weight is 272 g/mol. The van der Waals surface area contributed by atoms with Crippen molar-refractivity contribution >= 4 is 11.6 Å². The van der Waals surface area contributed by atoms with Gasteiger partial charge >= 0.3 is 0 Å². The fourth-order valence-corrected chi connectivity index (χ4v) is 2.11. The first-order valence-corrected chi connectivity index (χ1v) is 6.64. The van der Waals surface area contributed by atoms with E-state index in [9.17, 15) is 4.79 Å². The predicted octanol–water partition coefficient (Wildman–Crippen LogP) is 1.80. The molecule has 0 radical (unpaired) electrons. The Bertz CT molecular complexity index is 576. The molecule has 1 amide bonds. The first kappa shape index (κ1) is 12.8. The summed E-state index contributed by atoms with van der Waals surface area (Å²) in [5.41, 5.74) is 7.49. The summed E-state index contributed by atoms with van der Waals surface area (Å²) in [6.07, 6.45) is 3.95. The van der Waals surface area contributed by atoms with Gasteiger partial charge in [-0.15, -0.1) is 10.2 Å². The number of aromatic nitrogens is 2. The van der Waals surface area contributed by atoms with E-state index in [1.165, 1.54) is 6.39 Å². The molecule has 20 heavy (non-hydrogen) atoms. The SMILES string of the molecule is NC(CC(=O)Nc1ccc(-c2nnco2)cc1)C1CC1. The van der Waals surface area contributed by atoms with Crippen molar-refractivity contribution in [2.45, 2.75) is 25.3 Å². The summed E-state index contributed by atoms with van der Waals surface area (Å²) in [5, 5.41) is 10.3. The van der Waals surface area contributed by atoms with Crippen molar-refractivity contribution in [1.82, 2.24) is 10.2 Å². The van der Waals surface area contributed by atoms with Crippen molar-refractivity contribution in [2.75, 3.05) is 5.32 Å². The van der Waals surface area contributed by atoms with Crippen molar-refractivity contribution in [2.24, 2.45) is 11.7 Å². The van der Waals surface area contributed by atoms with Crippen LogP contribution in [0.1, 0.15) is 19.3 Å². The zero-order valence-corrected chi connectivity index (χ0v) is 11.0. The summed E-state index contributed by atoms with van der Waals surface area (Å²) in [6, 6.07) is 7.24. The maximum atomic E-state index is 11.8. The Morgan fingerprint density at radius 1 is 1.40 bits per heavy atom. The van der Waals surface area contributed by atoms with Gasteiger partial charge in [0.05, 0.1) is 0 Å². The Hall–Kier alpha value is -2.21. The van der Waals surface area contributed by atoms with Gasteiger partial charge in [-0.2, -0.15) is 0 Å². The van der Waals surface area contributed by atoms with E-state index in [1.54, 1.807) is 12.1 Å². The van der Waals surface area contributed by atoms with Crippen molar-refractivity contribution in [3.05, 3.63) is 30.7 Å². The number of carbonyl (C=O) groups is 1. The number of nitrogens with two attached hydrogens (primary N) is 1. The minimum absolute atomic E-state index is 0.0207. The second kappa shape index (κ2) is 5.42. The van der Waals surface area contributed by atoms with Crippen molar-refractivity contribution < 1.29 is 9.21 Å². The molecule has 1 unspecified atom stereocenters. The quantitative estimate of drug-likeness (QED) is 0.865. The van der Waals surface area contributed by atoms with Gasteiger partial charge in [0.1, 0.15) is 0 Å². The van der Waals surface area contributed by atoms with E-state index < -0.39 is 0 Å². The summed E-state index contributed by atoms with van der Waals surface area (Å²) >= 11 is 0. The third-order valence-corrected chi connectivity index (χ3v) is 3.42. The van der Waals surface area contributed by atoms with Gasteiger partial charge in [-0.25, -0.2) is 0 Å². The molecule has 0 saturated heterocycles. The molecule has 1 aliphatic rings. The van der Waals surface area contributed by atoms with Gasteiger partial charge in [0.25, 0.3) is 0 Å². The highest BCUT2D eigenvalue weighted by molar-refractivity contribution is 5.91. The molecule has 1 aromatic heterocycles. The summed E-state index contributed by atoms with van der Waals surface area (Å²) in [5.74, 6) is 0.939. The van der Waals surface area contributed by atoms with Gasteiger partial charge in [-0.05, 0) is 43.0 Å². The highest BCUT2D eigenvalue weighted by Gasteiger charge is 2.29. The summed E-state index contributed by atoms with van der Waals surface area (Å²) in [7, 11) is 0. The van der Waals surface area contributed by atoms with Crippen molar-refractivity contribution in [1.29, 1.82) is 0 Å². The Morgan fingerprint density at radius 3 is 2.75 bits per heavy atom. The summed E-state index contributed by atoms with van der Waals surface area (Å²) in [6.45, 7) is 0. The van der Waals surface area contributed by atoms with Gasteiger partial charge < -0.3 is 15.5 Å². The number of amides is 1. The van der Waals surface area contributed by atoms with Crippen molar-refractivity contribution in [3.63, 3.8) is 0 Å². The molecule has 1 fully saturated rings. The molecular formula is C14H16N4O2. The number of nitrogens with zero attached hydrogens (tertiary/aromatic N) is 2. The van der Waals surface area contributed by atoms with Crippen LogP contribution in [0.5, 0.6) is 0 Å². The molecule has 1 aliphatic carbocycles. The van der Waals surface area contributed by atoms with Crippen LogP contribution in [0.3, 0.4) is 0 Å². The van der Waals surface area contributed by atoms with Gasteiger partial charge in [-0.1, -0.05) is 0 Å². The van der Waals surface area contributed by atoms with E-state index in [1.807, 2.05) is 12.1 Å². The van der Waals surface area contributed by atoms with Crippen molar-refractivity contribution in [3.8, 4) is 11.5 Å². The number of carbonyl (C=O) groups excluding carboxylic acids is 1. The van der Waals surface area contributed by atoms with Crippen LogP contribution in [0, 0.1) is 5.92 Å². The van der Waals surface area contributed by atoms with Crippen LogP contribution in [-0.4, -0.2) is 22.1 Å². The molecule has 1 heterocycles. The van der Waals surface area contributed by atoms with Gasteiger partial charge in [0, 0.05) is 23.7 Å². The third kappa shape index (κ3) is 3.03. The minimum Gasteiger partial charge on any atom is -0.423 e. The molecule has 1 atom stereocenters. The molecule has 3 N–H and O–H groups in total. The lowest BCUT2D eigenvalue weighted by Crippen LogP contribution is -2.28. The monoisotopic (exact) mass is 272 g/mol. The number of rotatable bonds is 5. The molecular weight excluding hydrogens is 256 g/mol. The lowest BCUT2D eigenvalue weighted by atomic mass is 10.1. The van der Waals surface area contributed by atoms with Crippen LogP contribution in [-0.2, 0) is 4.79 Å². The zero-order chi connectivity index (χ0) is 13.9. The van der Waals surface area contributed by atoms with Crippen LogP contribution in [0.15, 0.2) is 35.1 Å². The second-order valence-electron chi connectivity index (χ2n) is 5.07. The second-order valence-corrected chi connectivity index (χ2v) is 5.07. The Balaban J connectivity index is 1.58. The zero-order valence-electron chi connectivity index (χ0n) is 11.0. The maximum absolute atomic E-state index is 11.8. The summed E-state index contributed by atoms with van der Waals surface area (Å²) in [4.78, 5) is 11.8. The Morgan fingerprint density at radius 2 is 2.15 bits per heavy atom. The van der Waals surface area contributed by atoms with E-state index in [4.69, 9.17) is 10.2 Å². The molecule has 1 saturated carbocycles. The molecule has 0 aliphatic heterocycles.